The van der Waals surface area contributed by atoms with Crippen molar-refractivity contribution in [3.05, 3.63) is 242 Å². The van der Waals surface area contributed by atoms with Gasteiger partial charge >= 0.3 is 0 Å². The highest BCUT2D eigenvalue weighted by Crippen LogP contribution is 2.55. The lowest BCUT2D eigenvalue weighted by atomic mass is 9.79. The predicted molar refractivity (Wildman–Crippen MR) is 271 cm³/mol. The molecule has 2 aliphatic carbocycles. The van der Waals surface area contributed by atoms with Crippen molar-refractivity contribution in [2.75, 3.05) is 0 Å². The number of hydrogen-bond donors (Lipinski definition) is 0. The van der Waals surface area contributed by atoms with E-state index in [4.69, 9.17) is 0 Å². The van der Waals surface area contributed by atoms with Gasteiger partial charge in [0.2, 0.25) is 0 Å². The van der Waals surface area contributed by atoms with Crippen LogP contribution < -0.4 is 0 Å². The molecule has 10 aromatic carbocycles. The Labute approximate surface area is 369 Å². The van der Waals surface area contributed by atoms with Crippen LogP contribution in [0.3, 0.4) is 0 Å². The van der Waals surface area contributed by atoms with Crippen LogP contribution in [0, 0.1) is 0 Å². The molecule has 0 radical (unpaired) electrons. The molecule has 0 saturated carbocycles. The van der Waals surface area contributed by atoms with Crippen LogP contribution in [0.25, 0.3) is 110 Å². The summed E-state index contributed by atoms with van der Waals surface area (Å²) in [5.74, 6) is 0. The molecule has 0 aliphatic heterocycles. The van der Waals surface area contributed by atoms with Crippen molar-refractivity contribution in [3.8, 4) is 66.8 Å². The van der Waals surface area contributed by atoms with Crippen LogP contribution in [-0.4, -0.2) is 0 Å². The van der Waals surface area contributed by atoms with E-state index in [1.54, 1.807) is 0 Å². The summed E-state index contributed by atoms with van der Waals surface area (Å²) in [7, 11) is 0. The van der Waals surface area contributed by atoms with Gasteiger partial charge in [-0.3, -0.25) is 0 Å². The van der Waals surface area contributed by atoms with E-state index in [0.717, 1.165) is 11.1 Å². The van der Waals surface area contributed by atoms with E-state index in [1.807, 2.05) is 12.2 Å². The van der Waals surface area contributed by atoms with Crippen molar-refractivity contribution in [1.82, 2.24) is 0 Å². The lowest BCUT2D eigenvalue weighted by Crippen LogP contribution is -2.15. The highest BCUT2D eigenvalue weighted by molar-refractivity contribution is 6.23. The fourth-order valence-corrected chi connectivity index (χ4v) is 11.0. The van der Waals surface area contributed by atoms with Crippen LogP contribution in [-0.2, 0) is 5.41 Å². The van der Waals surface area contributed by atoms with E-state index < -0.39 is 0 Å². The summed E-state index contributed by atoms with van der Waals surface area (Å²) in [6.45, 7) is 13.2. The molecule has 0 nitrogen and oxygen atoms in total. The minimum absolute atomic E-state index is 0.241. The SMILES string of the molecule is C=CC1=C(C=C)c2ccc(-c3ccc4c(c3)C(C)(C)c3cc5c(-c6ccc(-c7ccccc7)cc6)c6ccccc6c(-c6ccc(-c7ccccc7)cc6)c5cc3-4)c3cccc1c23. The third-order valence-electron chi connectivity index (χ3n) is 14.0. The summed E-state index contributed by atoms with van der Waals surface area (Å²) in [6, 6.07) is 72.3. The second-order valence-corrected chi connectivity index (χ2v) is 17.6. The Kier molecular flexibility index (Phi) is 8.30. The molecule has 0 aromatic heterocycles. The molecular formula is C63H44. The largest absolute Gasteiger partial charge is 0.0984 e. The zero-order valence-corrected chi connectivity index (χ0v) is 35.5. The van der Waals surface area contributed by atoms with E-state index in [9.17, 15) is 0 Å². The van der Waals surface area contributed by atoms with Crippen LogP contribution in [0.4, 0.5) is 0 Å². The smallest absolute Gasteiger partial charge is 0.0159 e. The topological polar surface area (TPSA) is 0 Å². The second-order valence-electron chi connectivity index (χ2n) is 17.6. The summed E-state index contributed by atoms with van der Waals surface area (Å²) >= 11 is 0. The first-order chi connectivity index (χ1) is 30.9. The standard InChI is InChI=1S/C63H44/c1-5-46-47(6-2)54-35-34-48(51-23-15-22-50(46)62(51)54)45-32-33-49-55-37-56-57(38-59(55)63(3,4)58(49)36-45)61(44-30-26-42(27-31-44)40-18-11-8-12-19-40)53-21-14-13-20-52(53)60(56)43-28-24-41(25-29-43)39-16-9-7-10-17-39/h5-38H,1-2H2,3-4H3. The van der Waals surface area contributed by atoms with Gasteiger partial charge in [-0.15, -0.1) is 0 Å². The Morgan fingerprint density at radius 3 is 1.32 bits per heavy atom. The monoisotopic (exact) mass is 800 g/mol. The van der Waals surface area contributed by atoms with Crippen molar-refractivity contribution in [2.24, 2.45) is 0 Å². The van der Waals surface area contributed by atoms with Gasteiger partial charge in [-0.2, -0.15) is 0 Å². The lowest BCUT2D eigenvalue weighted by molar-refractivity contribution is 0.661. The molecule has 0 saturated heterocycles. The molecule has 0 N–H and O–H groups in total. The van der Waals surface area contributed by atoms with Crippen LogP contribution in [0.5, 0.6) is 0 Å². The average molecular weight is 801 g/mol. The van der Waals surface area contributed by atoms with Gasteiger partial charge in [0.1, 0.15) is 0 Å². The van der Waals surface area contributed by atoms with E-state index in [1.165, 1.54) is 121 Å². The Morgan fingerprint density at radius 1 is 0.317 bits per heavy atom. The Morgan fingerprint density at radius 2 is 0.746 bits per heavy atom. The van der Waals surface area contributed by atoms with Crippen LogP contribution in [0.2, 0.25) is 0 Å². The van der Waals surface area contributed by atoms with Crippen molar-refractivity contribution in [3.63, 3.8) is 0 Å². The molecule has 2 aliphatic rings. The molecule has 0 atom stereocenters. The molecule has 296 valence electrons. The maximum absolute atomic E-state index is 4.17. The van der Waals surface area contributed by atoms with Gasteiger partial charge in [-0.05, 0) is 151 Å². The molecule has 0 amide bonds. The highest BCUT2D eigenvalue weighted by Gasteiger charge is 2.37. The van der Waals surface area contributed by atoms with Crippen LogP contribution >= 0.6 is 0 Å². The molecular weight excluding hydrogens is 757 g/mol. The van der Waals surface area contributed by atoms with Crippen molar-refractivity contribution >= 4 is 43.5 Å². The third-order valence-corrected chi connectivity index (χ3v) is 14.0. The van der Waals surface area contributed by atoms with Crippen molar-refractivity contribution in [2.45, 2.75) is 19.3 Å². The van der Waals surface area contributed by atoms with Gasteiger partial charge in [-0.1, -0.05) is 215 Å². The van der Waals surface area contributed by atoms with E-state index >= 15 is 0 Å². The fraction of sp³-hybridized carbons (Fsp3) is 0.0476. The van der Waals surface area contributed by atoms with Crippen LogP contribution in [0.1, 0.15) is 36.1 Å². The molecule has 0 heteroatoms. The first kappa shape index (κ1) is 37.0. The molecule has 0 unspecified atom stereocenters. The number of rotatable bonds is 7. The summed E-state index contributed by atoms with van der Waals surface area (Å²) < 4.78 is 0. The van der Waals surface area contributed by atoms with Gasteiger partial charge in [-0.25, -0.2) is 0 Å². The molecule has 63 heavy (non-hydrogen) atoms. The van der Waals surface area contributed by atoms with Gasteiger partial charge < -0.3 is 0 Å². The predicted octanol–water partition coefficient (Wildman–Crippen LogP) is 17.4. The molecule has 12 rings (SSSR count). The third kappa shape index (κ3) is 5.54. The zero-order chi connectivity index (χ0) is 42.4. The first-order valence-electron chi connectivity index (χ1n) is 22.0. The summed E-state index contributed by atoms with van der Waals surface area (Å²) in [4.78, 5) is 0. The fourth-order valence-electron chi connectivity index (χ4n) is 11.0. The van der Waals surface area contributed by atoms with Crippen molar-refractivity contribution < 1.29 is 0 Å². The van der Waals surface area contributed by atoms with Crippen molar-refractivity contribution in [1.29, 1.82) is 0 Å². The number of fused-ring (bicyclic) bond motifs is 5. The molecule has 0 heterocycles. The molecule has 0 bridgehead atoms. The Bertz CT molecular complexity index is 3540. The molecule has 0 spiro atoms. The van der Waals surface area contributed by atoms with E-state index in [-0.39, 0.29) is 5.41 Å². The maximum atomic E-state index is 4.17. The minimum Gasteiger partial charge on any atom is -0.0984 e. The minimum atomic E-state index is -0.241. The lowest BCUT2D eigenvalue weighted by Gasteiger charge is -2.24. The molecule has 10 aromatic rings. The quantitative estimate of drug-likeness (QED) is 0.141. The zero-order valence-electron chi connectivity index (χ0n) is 35.5. The Balaban J connectivity index is 1.08. The normalized spacial score (nSPS) is 13.4. The van der Waals surface area contributed by atoms with Crippen LogP contribution in [0.15, 0.2) is 219 Å². The van der Waals surface area contributed by atoms with Gasteiger partial charge in [0.25, 0.3) is 0 Å². The number of benzene rings is 10. The van der Waals surface area contributed by atoms with Gasteiger partial charge in [0.15, 0.2) is 0 Å². The summed E-state index contributed by atoms with van der Waals surface area (Å²) in [6.07, 6.45) is 3.95. The van der Waals surface area contributed by atoms with Gasteiger partial charge in [0, 0.05) is 5.41 Å². The summed E-state index contributed by atoms with van der Waals surface area (Å²) in [5, 5.41) is 7.61. The number of allylic oxidation sites excluding steroid dienone is 4. The average Bonchev–Trinajstić information content (AvgIpc) is 3.78. The Hall–Kier alpha value is -7.80. The second kappa shape index (κ2) is 14.1. The first-order valence-corrected chi connectivity index (χ1v) is 22.0. The highest BCUT2D eigenvalue weighted by atomic mass is 14.4. The maximum Gasteiger partial charge on any atom is 0.0159 e. The van der Waals surface area contributed by atoms with Gasteiger partial charge in [0.05, 0.1) is 0 Å². The van der Waals surface area contributed by atoms with E-state index in [0.29, 0.717) is 0 Å². The molecule has 0 fully saturated rings. The van der Waals surface area contributed by atoms with E-state index in [2.05, 4.69) is 221 Å². The number of hydrogen-bond acceptors (Lipinski definition) is 0. The summed E-state index contributed by atoms with van der Waals surface area (Å²) in [5.41, 5.74) is 22.2.